The number of nitrogens with one attached hydrogen (secondary N) is 2. The lowest BCUT2D eigenvalue weighted by molar-refractivity contribution is 0.429. The zero-order chi connectivity index (χ0) is 17.8. The molecule has 1 heterocycles. The molecule has 3 rings (SSSR count). The average Bonchev–Trinajstić information content (AvgIpc) is 2.61. The van der Waals surface area contributed by atoms with Crippen LogP contribution in [0.1, 0.15) is 12.7 Å². The molecule has 0 saturated carbocycles. The fourth-order valence-corrected chi connectivity index (χ4v) is 2.77. The number of thiocarbonyl (C=S) groups is 1. The highest BCUT2D eigenvalue weighted by Gasteiger charge is 2.11. The van der Waals surface area contributed by atoms with Crippen molar-refractivity contribution in [3.05, 3.63) is 70.5 Å². The molecule has 0 aliphatic heterocycles. The maximum Gasteiger partial charge on any atom is 0.258 e. The van der Waals surface area contributed by atoms with Crippen molar-refractivity contribution in [1.29, 1.82) is 0 Å². The molecule has 128 valence electrons. The summed E-state index contributed by atoms with van der Waals surface area (Å²) in [5.74, 6) is 0.232. The van der Waals surface area contributed by atoms with E-state index in [0.717, 1.165) is 0 Å². The Balaban J connectivity index is 1.78. The van der Waals surface area contributed by atoms with E-state index in [1.54, 1.807) is 30.3 Å². The molecule has 0 spiro atoms. The maximum absolute atomic E-state index is 13.0. The van der Waals surface area contributed by atoms with E-state index >= 15 is 0 Å². The number of benzene rings is 2. The molecule has 7 heteroatoms. The van der Waals surface area contributed by atoms with E-state index in [1.807, 2.05) is 17.9 Å². The van der Waals surface area contributed by atoms with Gasteiger partial charge in [0.15, 0.2) is 5.11 Å². The summed E-state index contributed by atoms with van der Waals surface area (Å²) in [6.45, 7) is 2.95. The van der Waals surface area contributed by atoms with Crippen LogP contribution in [0.5, 0.6) is 0 Å². The SMILES string of the molecule is CCN(Cc1nc2ccccc2c(=O)[nH]1)C(=S)Nc1ccc(F)cc1. The minimum Gasteiger partial charge on any atom is -0.342 e. The fourth-order valence-electron chi connectivity index (χ4n) is 2.45. The fraction of sp³-hybridized carbons (Fsp3) is 0.167. The van der Waals surface area contributed by atoms with Gasteiger partial charge >= 0.3 is 0 Å². The predicted molar refractivity (Wildman–Crippen MR) is 101 cm³/mol. The molecular formula is C18H17FN4OS. The van der Waals surface area contributed by atoms with Gasteiger partial charge in [0.05, 0.1) is 17.4 Å². The van der Waals surface area contributed by atoms with Crippen LogP contribution in [-0.2, 0) is 6.54 Å². The molecule has 0 amide bonds. The second-order valence-electron chi connectivity index (χ2n) is 5.48. The number of rotatable bonds is 4. The maximum atomic E-state index is 13.0. The van der Waals surface area contributed by atoms with E-state index in [1.165, 1.54) is 12.1 Å². The van der Waals surface area contributed by atoms with Gasteiger partial charge in [0.1, 0.15) is 11.6 Å². The van der Waals surface area contributed by atoms with E-state index in [4.69, 9.17) is 12.2 Å². The number of nitrogens with zero attached hydrogens (tertiary/aromatic N) is 2. The molecule has 2 N–H and O–H groups in total. The van der Waals surface area contributed by atoms with E-state index in [0.29, 0.717) is 40.6 Å². The average molecular weight is 356 g/mol. The van der Waals surface area contributed by atoms with Gasteiger partial charge in [-0.25, -0.2) is 9.37 Å². The van der Waals surface area contributed by atoms with Crippen LogP contribution >= 0.6 is 12.2 Å². The second kappa shape index (κ2) is 7.40. The predicted octanol–water partition coefficient (Wildman–Crippen LogP) is 3.28. The van der Waals surface area contributed by atoms with Crippen molar-refractivity contribution in [2.75, 3.05) is 11.9 Å². The summed E-state index contributed by atoms with van der Waals surface area (Å²) < 4.78 is 13.0. The van der Waals surface area contributed by atoms with Crippen molar-refractivity contribution in [2.45, 2.75) is 13.5 Å². The number of aromatic nitrogens is 2. The van der Waals surface area contributed by atoms with Gasteiger partial charge in [0.25, 0.3) is 5.56 Å². The highest BCUT2D eigenvalue weighted by molar-refractivity contribution is 7.80. The van der Waals surface area contributed by atoms with E-state index in [-0.39, 0.29) is 11.4 Å². The number of anilines is 1. The van der Waals surface area contributed by atoms with Gasteiger partial charge in [-0.2, -0.15) is 0 Å². The van der Waals surface area contributed by atoms with Crippen LogP contribution in [0.4, 0.5) is 10.1 Å². The molecule has 1 aromatic heterocycles. The van der Waals surface area contributed by atoms with E-state index < -0.39 is 0 Å². The third-order valence-corrected chi connectivity index (χ3v) is 4.13. The largest absolute Gasteiger partial charge is 0.342 e. The van der Waals surface area contributed by atoms with E-state index in [9.17, 15) is 9.18 Å². The minimum atomic E-state index is -0.304. The van der Waals surface area contributed by atoms with Crippen molar-refractivity contribution in [3.8, 4) is 0 Å². The van der Waals surface area contributed by atoms with Crippen LogP contribution in [0, 0.1) is 5.82 Å². The summed E-state index contributed by atoms with van der Waals surface area (Å²) in [4.78, 5) is 21.3. The number of para-hydroxylation sites is 1. The van der Waals surface area contributed by atoms with Gasteiger partial charge in [-0.1, -0.05) is 12.1 Å². The van der Waals surface area contributed by atoms with Crippen LogP contribution < -0.4 is 10.9 Å². The summed E-state index contributed by atoms with van der Waals surface area (Å²) in [5.41, 5.74) is 1.17. The molecule has 3 aromatic rings. The molecule has 0 fully saturated rings. The molecule has 0 aliphatic rings. The number of halogens is 1. The monoisotopic (exact) mass is 356 g/mol. The third kappa shape index (κ3) is 4.00. The van der Waals surface area contributed by atoms with Gasteiger partial charge in [0.2, 0.25) is 0 Å². The van der Waals surface area contributed by atoms with Crippen molar-refractivity contribution in [1.82, 2.24) is 14.9 Å². The molecule has 0 bridgehead atoms. The molecule has 0 atom stereocenters. The minimum absolute atomic E-state index is 0.172. The Morgan fingerprint density at radius 3 is 2.68 bits per heavy atom. The summed E-state index contributed by atoms with van der Waals surface area (Å²) in [5, 5.41) is 4.10. The Morgan fingerprint density at radius 1 is 1.24 bits per heavy atom. The molecule has 0 aliphatic carbocycles. The van der Waals surface area contributed by atoms with Crippen molar-refractivity contribution in [2.24, 2.45) is 0 Å². The first-order valence-electron chi connectivity index (χ1n) is 7.86. The van der Waals surface area contributed by atoms with Crippen molar-refractivity contribution in [3.63, 3.8) is 0 Å². The lowest BCUT2D eigenvalue weighted by Gasteiger charge is -2.24. The van der Waals surface area contributed by atoms with Gasteiger partial charge in [-0.05, 0) is 55.5 Å². The van der Waals surface area contributed by atoms with E-state index in [2.05, 4.69) is 15.3 Å². The normalized spacial score (nSPS) is 10.6. The number of aromatic amines is 1. The summed E-state index contributed by atoms with van der Waals surface area (Å²) in [6.07, 6.45) is 0. The smallest absolute Gasteiger partial charge is 0.258 e. The Morgan fingerprint density at radius 2 is 1.96 bits per heavy atom. The molecule has 0 saturated heterocycles. The Bertz CT molecular complexity index is 955. The molecule has 0 unspecified atom stereocenters. The Kier molecular flexibility index (Phi) is 5.04. The first-order valence-corrected chi connectivity index (χ1v) is 8.27. The zero-order valence-corrected chi connectivity index (χ0v) is 14.4. The summed E-state index contributed by atoms with van der Waals surface area (Å²) >= 11 is 5.42. The summed E-state index contributed by atoms with van der Waals surface area (Å²) in [6, 6.07) is 13.2. The molecule has 5 nitrogen and oxygen atoms in total. The summed E-state index contributed by atoms with van der Waals surface area (Å²) in [7, 11) is 0. The van der Waals surface area contributed by atoms with Crippen LogP contribution in [0.3, 0.4) is 0 Å². The number of hydrogen-bond acceptors (Lipinski definition) is 3. The van der Waals surface area contributed by atoms with Crippen LogP contribution in [0.15, 0.2) is 53.3 Å². The lowest BCUT2D eigenvalue weighted by atomic mass is 10.2. The van der Waals surface area contributed by atoms with Crippen LogP contribution in [0.2, 0.25) is 0 Å². The van der Waals surface area contributed by atoms with Crippen molar-refractivity contribution >= 4 is 33.9 Å². The molecule has 2 aromatic carbocycles. The highest BCUT2D eigenvalue weighted by atomic mass is 32.1. The van der Waals surface area contributed by atoms with Gasteiger partial charge in [0, 0.05) is 12.2 Å². The van der Waals surface area contributed by atoms with Gasteiger partial charge in [-0.3, -0.25) is 4.79 Å². The standard InChI is InChI=1S/C18H17FN4OS/c1-2-23(18(25)20-13-9-7-12(19)8-10-13)11-16-21-15-6-4-3-5-14(15)17(24)22-16/h3-10H,2,11H2,1H3,(H,20,25)(H,21,22,24). The van der Waals surface area contributed by atoms with Crippen LogP contribution in [-0.4, -0.2) is 26.5 Å². The first-order chi connectivity index (χ1) is 12.1. The quantitative estimate of drug-likeness (QED) is 0.703. The topological polar surface area (TPSA) is 61.0 Å². The zero-order valence-electron chi connectivity index (χ0n) is 13.6. The molecular weight excluding hydrogens is 339 g/mol. The number of hydrogen-bond donors (Lipinski definition) is 2. The third-order valence-electron chi connectivity index (χ3n) is 3.77. The molecule has 25 heavy (non-hydrogen) atoms. The lowest BCUT2D eigenvalue weighted by Crippen LogP contribution is -2.35. The van der Waals surface area contributed by atoms with Gasteiger partial charge in [-0.15, -0.1) is 0 Å². The molecule has 0 radical (unpaired) electrons. The highest BCUT2D eigenvalue weighted by Crippen LogP contribution is 2.11. The first kappa shape index (κ1) is 17.0. The Labute approximate surface area is 149 Å². The number of H-pyrrole nitrogens is 1. The van der Waals surface area contributed by atoms with Crippen molar-refractivity contribution < 1.29 is 4.39 Å². The van der Waals surface area contributed by atoms with Crippen LogP contribution in [0.25, 0.3) is 10.9 Å². The van der Waals surface area contributed by atoms with Gasteiger partial charge < -0.3 is 15.2 Å². The second-order valence-corrected chi connectivity index (χ2v) is 5.87. The Hall–Kier alpha value is -2.80. The number of fused-ring (bicyclic) bond motifs is 1.